The minimum Gasteiger partial charge on any atom is -0.352 e. The van der Waals surface area contributed by atoms with Gasteiger partial charge in [0, 0.05) is 12.1 Å². The molecule has 1 aliphatic rings. The van der Waals surface area contributed by atoms with Gasteiger partial charge in [0.15, 0.2) is 0 Å². The molecule has 6 heteroatoms. The van der Waals surface area contributed by atoms with E-state index in [4.69, 9.17) is 23.2 Å². The third-order valence-electron chi connectivity index (χ3n) is 2.70. The molecule has 0 saturated heterocycles. The minimum absolute atomic E-state index is 0.00289. The normalized spacial score (nSPS) is 24.9. The van der Waals surface area contributed by atoms with E-state index < -0.39 is 0 Å². The second-order valence-corrected chi connectivity index (χ2v) is 4.49. The number of hydrogen-bond donors (Lipinski definition) is 2. The molecule has 0 bridgehead atoms. The van der Waals surface area contributed by atoms with Crippen LogP contribution in [0.4, 0.5) is 0 Å². The van der Waals surface area contributed by atoms with E-state index in [1.54, 1.807) is 0 Å². The molecule has 0 aliphatic heterocycles. The molecule has 0 atom stereocenters. The van der Waals surface area contributed by atoms with Crippen LogP contribution in [0.25, 0.3) is 0 Å². The molecule has 0 unspecified atom stereocenters. The maximum Gasteiger partial charge on any atom is 0.235 e. The Bertz CT molecular complexity index is 227. The second kappa shape index (κ2) is 6.97. The Morgan fingerprint density at radius 1 is 0.875 bits per heavy atom. The third kappa shape index (κ3) is 4.58. The molecule has 0 heterocycles. The SMILES string of the molecule is O=C(CCl)NC1CCC(NC(=O)CCl)CC1. The molecule has 1 fully saturated rings. The number of carbonyl (C=O) groups excluding carboxylic acids is 2. The van der Waals surface area contributed by atoms with E-state index in [9.17, 15) is 9.59 Å². The van der Waals surface area contributed by atoms with E-state index in [0.29, 0.717) is 0 Å². The summed E-state index contributed by atoms with van der Waals surface area (Å²) in [4.78, 5) is 22.1. The molecule has 0 aromatic carbocycles. The molecule has 2 amide bonds. The lowest BCUT2D eigenvalue weighted by Crippen LogP contribution is -2.44. The second-order valence-electron chi connectivity index (χ2n) is 3.95. The van der Waals surface area contributed by atoms with Crippen molar-refractivity contribution in [1.29, 1.82) is 0 Å². The number of carbonyl (C=O) groups is 2. The number of rotatable bonds is 4. The van der Waals surface area contributed by atoms with Crippen LogP contribution in [0, 0.1) is 0 Å². The predicted molar refractivity (Wildman–Crippen MR) is 63.8 cm³/mol. The summed E-state index contributed by atoms with van der Waals surface area (Å²) in [5, 5.41) is 5.69. The van der Waals surface area contributed by atoms with Crippen LogP contribution in [0.1, 0.15) is 25.7 Å². The number of hydrogen-bond acceptors (Lipinski definition) is 2. The van der Waals surface area contributed by atoms with Gasteiger partial charge in [-0.15, -0.1) is 23.2 Å². The summed E-state index contributed by atoms with van der Waals surface area (Å²) in [6.07, 6.45) is 3.48. The van der Waals surface area contributed by atoms with Crippen molar-refractivity contribution in [3.05, 3.63) is 0 Å². The first-order valence-corrected chi connectivity index (χ1v) is 6.43. The molecular formula is C10H16Cl2N2O2. The van der Waals surface area contributed by atoms with Crippen molar-refractivity contribution in [3.8, 4) is 0 Å². The lowest BCUT2D eigenvalue weighted by Gasteiger charge is -2.29. The van der Waals surface area contributed by atoms with Crippen LogP contribution in [0.2, 0.25) is 0 Å². The lowest BCUT2D eigenvalue weighted by molar-refractivity contribution is -0.121. The average molecular weight is 267 g/mol. The molecule has 0 radical (unpaired) electrons. The number of alkyl halides is 2. The standard InChI is InChI=1S/C10H16Cl2N2O2/c11-5-9(15)13-7-1-2-8(4-3-7)14-10(16)6-12/h7-8H,1-6H2,(H,13,15)(H,14,16). The smallest absolute Gasteiger partial charge is 0.235 e. The van der Waals surface area contributed by atoms with Gasteiger partial charge in [-0.2, -0.15) is 0 Å². The van der Waals surface area contributed by atoms with Gasteiger partial charge in [0.1, 0.15) is 11.8 Å². The number of halogens is 2. The highest BCUT2D eigenvalue weighted by Gasteiger charge is 2.22. The highest BCUT2D eigenvalue weighted by molar-refractivity contribution is 6.27. The summed E-state index contributed by atoms with van der Waals surface area (Å²) in [5.74, 6) is -0.254. The summed E-state index contributed by atoms with van der Waals surface area (Å²) < 4.78 is 0. The van der Waals surface area contributed by atoms with Crippen molar-refractivity contribution in [2.24, 2.45) is 0 Å². The van der Waals surface area contributed by atoms with Gasteiger partial charge in [-0.25, -0.2) is 0 Å². The first kappa shape index (κ1) is 13.6. The molecule has 2 N–H and O–H groups in total. The molecule has 0 aromatic rings. The van der Waals surface area contributed by atoms with Crippen LogP contribution in [0.5, 0.6) is 0 Å². The highest BCUT2D eigenvalue weighted by atomic mass is 35.5. The van der Waals surface area contributed by atoms with Crippen molar-refractivity contribution in [3.63, 3.8) is 0 Å². The van der Waals surface area contributed by atoms with Crippen LogP contribution in [-0.2, 0) is 9.59 Å². The van der Waals surface area contributed by atoms with Crippen LogP contribution in [0.3, 0.4) is 0 Å². The summed E-state index contributed by atoms with van der Waals surface area (Å²) in [6.45, 7) is 0. The van der Waals surface area contributed by atoms with Gasteiger partial charge in [0.2, 0.25) is 11.8 Å². The minimum atomic E-state index is -0.130. The molecule has 1 aliphatic carbocycles. The van der Waals surface area contributed by atoms with Gasteiger partial charge in [-0.05, 0) is 25.7 Å². The zero-order chi connectivity index (χ0) is 12.0. The molecular weight excluding hydrogens is 251 g/mol. The highest BCUT2D eigenvalue weighted by Crippen LogP contribution is 2.18. The Hall–Kier alpha value is -0.480. The molecule has 92 valence electrons. The Morgan fingerprint density at radius 2 is 1.19 bits per heavy atom. The van der Waals surface area contributed by atoms with Crippen LogP contribution in [0.15, 0.2) is 0 Å². The molecule has 1 saturated carbocycles. The lowest BCUT2D eigenvalue weighted by atomic mass is 9.91. The van der Waals surface area contributed by atoms with E-state index >= 15 is 0 Å². The van der Waals surface area contributed by atoms with E-state index in [0.717, 1.165) is 25.7 Å². The van der Waals surface area contributed by atoms with Crippen molar-refractivity contribution < 1.29 is 9.59 Å². The first-order chi connectivity index (χ1) is 7.65. The van der Waals surface area contributed by atoms with E-state index in [1.165, 1.54) is 0 Å². The van der Waals surface area contributed by atoms with E-state index in [1.807, 2.05) is 0 Å². The molecule has 16 heavy (non-hydrogen) atoms. The maximum atomic E-state index is 11.1. The van der Waals surface area contributed by atoms with Crippen molar-refractivity contribution in [2.45, 2.75) is 37.8 Å². The molecule has 1 rings (SSSR count). The van der Waals surface area contributed by atoms with Gasteiger partial charge in [0.25, 0.3) is 0 Å². The monoisotopic (exact) mass is 266 g/mol. The molecule has 0 spiro atoms. The van der Waals surface area contributed by atoms with Crippen LogP contribution >= 0.6 is 23.2 Å². The number of amides is 2. The van der Waals surface area contributed by atoms with Gasteiger partial charge >= 0.3 is 0 Å². The summed E-state index contributed by atoms with van der Waals surface area (Å²) in [7, 11) is 0. The summed E-state index contributed by atoms with van der Waals surface area (Å²) >= 11 is 10.8. The van der Waals surface area contributed by atoms with Gasteiger partial charge in [0.05, 0.1) is 0 Å². The fourth-order valence-corrected chi connectivity index (χ4v) is 2.07. The van der Waals surface area contributed by atoms with Crippen molar-refractivity contribution >= 4 is 35.0 Å². The fraction of sp³-hybridized carbons (Fsp3) is 0.800. The zero-order valence-corrected chi connectivity index (χ0v) is 10.5. The Labute approximate surface area is 105 Å². The van der Waals surface area contributed by atoms with Gasteiger partial charge in [-0.1, -0.05) is 0 Å². The zero-order valence-electron chi connectivity index (χ0n) is 8.97. The van der Waals surface area contributed by atoms with Crippen molar-refractivity contribution in [2.75, 3.05) is 11.8 Å². The molecule has 0 aromatic heterocycles. The third-order valence-corrected chi connectivity index (χ3v) is 3.19. The van der Waals surface area contributed by atoms with E-state index in [-0.39, 0.29) is 35.7 Å². The predicted octanol–water partition coefficient (Wildman–Crippen LogP) is 1.01. The largest absolute Gasteiger partial charge is 0.352 e. The maximum absolute atomic E-state index is 11.1. The Kier molecular flexibility index (Phi) is 5.91. The Balaban J connectivity index is 2.23. The van der Waals surface area contributed by atoms with Crippen LogP contribution in [-0.4, -0.2) is 35.7 Å². The van der Waals surface area contributed by atoms with Gasteiger partial charge in [-0.3, -0.25) is 9.59 Å². The Morgan fingerprint density at radius 3 is 1.44 bits per heavy atom. The first-order valence-electron chi connectivity index (χ1n) is 5.36. The van der Waals surface area contributed by atoms with Crippen molar-refractivity contribution in [1.82, 2.24) is 10.6 Å². The fourth-order valence-electron chi connectivity index (χ4n) is 1.91. The van der Waals surface area contributed by atoms with Gasteiger partial charge < -0.3 is 10.6 Å². The van der Waals surface area contributed by atoms with E-state index in [2.05, 4.69) is 10.6 Å². The topological polar surface area (TPSA) is 58.2 Å². The average Bonchev–Trinajstić information content (AvgIpc) is 2.31. The van der Waals surface area contributed by atoms with Crippen LogP contribution < -0.4 is 10.6 Å². The molecule has 4 nitrogen and oxygen atoms in total. The summed E-state index contributed by atoms with van der Waals surface area (Å²) in [6, 6.07) is 0.380. The quantitative estimate of drug-likeness (QED) is 0.747. The summed E-state index contributed by atoms with van der Waals surface area (Å²) in [5.41, 5.74) is 0. The number of nitrogens with one attached hydrogen (secondary N) is 2.